The summed E-state index contributed by atoms with van der Waals surface area (Å²) in [6, 6.07) is 0. The highest BCUT2D eigenvalue weighted by atomic mass is 19.4. The molecule has 3 nitrogen and oxygen atoms in total. The molecule has 6 heteroatoms. The Balaban J connectivity index is 3.60. The number of halogens is 3. The third kappa shape index (κ3) is 4.92. The monoisotopic (exact) mass is 144 g/mol. The molecule has 0 amide bonds. The van der Waals surface area contributed by atoms with E-state index in [2.05, 4.69) is 9.47 Å². The molecule has 0 N–H and O–H groups in total. The summed E-state index contributed by atoms with van der Waals surface area (Å²) in [5.74, 6) is 0. The van der Waals surface area contributed by atoms with E-state index in [1.54, 1.807) is 0 Å². The Morgan fingerprint density at radius 3 is 2.00 bits per heavy atom. The molecule has 0 heterocycles. The van der Waals surface area contributed by atoms with Crippen molar-refractivity contribution in [1.82, 2.24) is 0 Å². The smallest absolute Gasteiger partial charge is 0.437 e. The number of carbonyl (C=O) groups is 1. The second-order valence-corrected chi connectivity index (χ2v) is 1.00. The summed E-state index contributed by atoms with van der Waals surface area (Å²) < 4.78 is 39.2. The second-order valence-electron chi connectivity index (χ2n) is 1.00. The van der Waals surface area contributed by atoms with Gasteiger partial charge in [0.2, 0.25) is 0 Å². The van der Waals surface area contributed by atoms with Gasteiger partial charge in [-0.1, -0.05) is 0 Å². The van der Waals surface area contributed by atoms with Crippen LogP contribution in [0.3, 0.4) is 0 Å². The van der Waals surface area contributed by atoms with Gasteiger partial charge >= 0.3 is 12.5 Å². The minimum absolute atomic E-state index is 0.786. The van der Waals surface area contributed by atoms with Gasteiger partial charge in [0, 0.05) is 0 Å². The van der Waals surface area contributed by atoms with E-state index in [-0.39, 0.29) is 0 Å². The van der Waals surface area contributed by atoms with Crippen LogP contribution in [0.5, 0.6) is 0 Å². The van der Waals surface area contributed by atoms with E-state index < -0.39 is 12.5 Å². The van der Waals surface area contributed by atoms with E-state index in [0.717, 1.165) is 7.11 Å². The summed E-state index contributed by atoms with van der Waals surface area (Å²) in [6.45, 7) is 0. The molecule has 0 fully saturated rings. The first-order valence-corrected chi connectivity index (χ1v) is 1.79. The molecule has 0 aromatic rings. The van der Waals surface area contributed by atoms with Crippen LogP contribution >= 0.6 is 0 Å². The number of ether oxygens (including phenoxy) is 2. The van der Waals surface area contributed by atoms with Crippen LogP contribution in [0.15, 0.2) is 0 Å². The lowest BCUT2D eigenvalue weighted by molar-refractivity contribution is -0.298. The summed E-state index contributed by atoms with van der Waals surface area (Å²) in [6.07, 6.45) is -6.71. The molecule has 0 aromatic carbocycles. The molecule has 0 aliphatic carbocycles. The van der Waals surface area contributed by atoms with Gasteiger partial charge in [0.15, 0.2) is 0 Å². The maximum Gasteiger partial charge on any atom is 0.577 e. The van der Waals surface area contributed by atoms with E-state index in [1.807, 2.05) is 0 Å². The number of methoxy groups -OCH3 is 1. The fourth-order valence-corrected chi connectivity index (χ4v) is 0.136. The van der Waals surface area contributed by atoms with Crippen molar-refractivity contribution in [3.8, 4) is 0 Å². The molecule has 54 valence electrons. The van der Waals surface area contributed by atoms with Crippen molar-refractivity contribution in [2.75, 3.05) is 7.11 Å². The maximum atomic E-state index is 11.0. The first kappa shape index (κ1) is 8.06. The van der Waals surface area contributed by atoms with Crippen LogP contribution in [0.2, 0.25) is 0 Å². The molecule has 0 saturated carbocycles. The standard InChI is InChI=1S/C3H3F3O3/c1-8-2(7)9-3(4,5)6/h1H3. The summed E-state index contributed by atoms with van der Waals surface area (Å²) in [4.78, 5) is 9.66. The van der Waals surface area contributed by atoms with E-state index >= 15 is 0 Å². The van der Waals surface area contributed by atoms with Crippen molar-refractivity contribution in [2.45, 2.75) is 6.36 Å². The van der Waals surface area contributed by atoms with E-state index in [9.17, 15) is 18.0 Å². The molecule has 0 rings (SSSR count). The van der Waals surface area contributed by atoms with Gasteiger partial charge < -0.3 is 9.47 Å². The van der Waals surface area contributed by atoms with Gasteiger partial charge in [0.25, 0.3) is 0 Å². The van der Waals surface area contributed by atoms with E-state index in [0.29, 0.717) is 0 Å². The van der Waals surface area contributed by atoms with E-state index in [4.69, 9.17) is 0 Å². The molecule has 0 radical (unpaired) electrons. The summed E-state index contributed by atoms with van der Waals surface area (Å²) in [7, 11) is 0.786. The first-order valence-electron chi connectivity index (χ1n) is 1.79. The third-order valence-corrected chi connectivity index (χ3v) is 0.366. The van der Waals surface area contributed by atoms with Gasteiger partial charge in [0.05, 0.1) is 7.11 Å². The van der Waals surface area contributed by atoms with Gasteiger partial charge in [-0.15, -0.1) is 13.2 Å². The van der Waals surface area contributed by atoms with Crippen LogP contribution in [0.25, 0.3) is 0 Å². The molecular weight excluding hydrogens is 141 g/mol. The number of rotatable bonds is 0. The van der Waals surface area contributed by atoms with Crippen molar-refractivity contribution in [3.63, 3.8) is 0 Å². The minimum Gasteiger partial charge on any atom is -0.437 e. The van der Waals surface area contributed by atoms with Crippen molar-refractivity contribution >= 4 is 6.16 Å². The average molecular weight is 144 g/mol. The Labute approximate surface area is 48.4 Å². The molecule has 0 aromatic heterocycles. The quantitative estimate of drug-likeness (QED) is 0.480. The third-order valence-electron chi connectivity index (χ3n) is 0.366. The summed E-state index contributed by atoms with van der Waals surface area (Å²) in [5.41, 5.74) is 0. The highest BCUT2D eigenvalue weighted by Crippen LogP contribution is 2.16. The van der Waals surface area contributed by atoms with Crippen molar-refractivity contribution < 1.29 is 27.4 Å². The van der Waals surface area contributed by atoms with Crippen molar-refractivity contribution in [2.24, 2.45) is 0 Å². The lowest BCUT2D eigenvalue weighted by atomic mass is 11.2. The molecule has 0 bridgehead atoms. The topological polar surface area (TPSA) is 35.5 Å². The average Bonchev–Trinajstić information content (AvgIpc) is 1.62. The van der Waals surface area contributed by atoms with Crippen LogP contribution in [0.4, 0.5) is 18.0 Å². The summed E-state index contributed by atoms with van der Waals surface area (Å²) >= 11 is 0. The summed E-state index contributed by atoms with van der Waals surface area (Å²) in [5, 5.41) is 0. The molecule has 0 unspecified atom stereocenters. The molecule has 0 saturated heterocycles. The predicted octanol–water partition coefficient (Wildman–Crippen LogP) is 1.29. The number of hydrogen-bond donors (Lipinski definition) is 0. The number of carbonyl (C=O) groups excluding carboxylic acids is 1. The molecule has 9 heavy (non-hydrogen) atoms. The molecular formula is C3H3F3O3. The Morgan fingerprint density at radius 1 is 1.44 bits per heavy atom. The Morgan fingerprint density at radius 2 is 1.89 bits per heavy atom. The molecule has 0 atom stereocenters. The number of alkyl halides is 3. The Hall–Kier alpha value is -0.940. The molecule has 0 aliphatic heterocycles. The van der Waals surface area contributed by atoms with Crippen molar-refractivity contribution in [1.29, 1.82) is 0 Å². The van der Waals surface area contributed by atoms with Gasteiger partial charge in [-0.05, 0) is 0 Å². The maximum absolute atomic E-state index is 11.0. The van der Waals surface area contributed by atoms with Crippen LogP contribution < -0.4 is 0 Å². The lowest BCUT2D eigenvalue weighted by Gasteiger charge is -2.03. The van der Waals surface area contributed by atoms with Gasteiger partial charge in [-0.2, -0.15) is 0 Å². The van der Waals surface area contributed by atoms with Crippen LogP contribution in [0.1, 0.15) is 0 Å². The van der Waals surface area contributed by atoms with Gasteiger partial charge in [0.1, 0.15) is 0 Å². The van der Waals surface area contributed by atoms with Crippen LogP contribution in [0, 0.1) is 0 Å². The zero-order valence-corrected chi connectivity index (χ0v) is 4.36. The van der Waals surface area contributed by atoms with E-state index in [1.165, 1.54) is 0 Å². The zero-order valence-electron chi connectivity index (χ0n) is 4.36. The lowest BCUT2D eigenvalue weighted by Crippen LogP contribution is -2.18. The largest absolute Gasteiger partial charge is 0.577 e. The fraction of sp³-hybridized carbons (Fsp3) is 0.667. The number of hydrogen-bond acceptors (Lipinski definition) is 3. The molecule has 0 spiro atoms. The van der Waals surface area contributed by atoms with Crippen LogP contribution in [-0.2, 0) is 9.47 Å². The fourth-order valence-electron chi connectivity index (χ4n) is 0.136. The predicted molar refractivity (Wildman–Crippen MR) is 19.5 cm³/mol. The van der Waals surface area contributed by atoms with Gasteiger partial charge in [-0.25, -0.2) is 4.79 Å². The zero-order chi connectivity index (χ0) is 7.49. The minimum atomic E-state index is -4.95. The SMILES string of the molecule is COC(=O)OC(F)(F)F. The first-order chi connectivity index (χ1) is 3.95. The second kappa shape index (κ2) is 2.56. The van der Waals surface area contributed by atoms with Gasteiger partial charge in [-0.3, -0.25) is 0 Å². The molecule has 0 aliphatic rings. The highest BCUT2D eigenvalue weighted by Gasteiger charge is 2.34. The van der Waals surface area contributed by atoms with Crippen LogP contribution in [-0.4, -0.2) is 19.6 Å². The normalized spacial score (nSPS) is 10.7. The van der Waals surface area contributed by atoms with Crippen molar-refractivity contribution in [3.05, 3.63) is 0 Å². The highest BCUT2D eigenvalue weighted by molar-refractivity contribution is 5.59. The Kier molecular flexibility index (Phi) is 2.29. The Bertz CT molecular complexity index is 107.